The summed E-state index contributed by atoms with van der Waals surface area (Å²) in [6.45, 7) is -2.20. The lowest BCUT2D eigenvalue weighted by Gasteiger charge is -2.27. The molecule has 2 heterocycles. The fourth-order valence-electron chi connectivity index (χ4n) is 5.67. The zero-order valence-electron chi connectivity index (χ0n) is 31.3. The Balaban J connectivity index is 1.96. The Hall–Kier alpha value is -6.26. The summed E-state index contributed by atoms with van der Waals surface area (Å²) in [5.74, 6) is -12.2. The van der Waals surface area contributed by atoms with E-state index in [1.807, 2.05) is 0 Å². The zero-order valence-corrected chi connectivity index (χ0v) is 33.0. The Bertz CT molecular complexity index is 1890. The van der Waals surface area contributed by atoms with Gasteiger partial charge in [-0.05, 0) is 11.6 Å². The molecule has 2 aliphatic rings. The summed E-state index contributed by atoms with van der Waals surface area (Å²) in [6, 6.07) is -6.32. The highest BCUT2D eigenvalue weighted by Crippen LogP contribution is 2.27. The predicted octanol–water partition coefficient (Wildman–Crippen LogP) is -6.47. The normalized spacial score (nSPS) is 25.9. The third-order valence-corrected chi connectivity index (χ3v) is 11.1. The number of carboxylic acids is 1. The first kappa shape index (κ1) is 48.1. The number of fused-ring (bicyclic) bond motifs is 1. The highest BCUT2D eigenvalue weighted by molar-refractivity contribution is 8.76. The molecule has 0 aromatic heterocycles. The average molecular weight is 886 g/mol. The van der Waals surface area contributed by atoms with E-state index in [2.05, 4.69) is 31.9 Å². The monoisotopic (exact) mass is 885 g/mol. The molecule has 0 bridgehead atoms. The number of nitrogens with one attached hydrogen (secondary N) is 6. The summed E-state index contributed by atoms with van der Waals surface area (Å²) in [6.07, 6.45) is -3.87. The van der Waals surface area contributed by atoms with Crippen molar-refractivity contribution in [1.29, 1.82) is 0 Å². The van der Waals surface area contributed by atoms with Crippen LogP contribution in [0.15, 0.2) is 18.2 Å². The maximum atomic E-state index is 13.5. The van der Waals surface area contributed by atoms with Gasteiger partial charge in [0.15, 0.2) is 5.75 Å². The Morgan fingerprint density at radius 3 is 2.08 bits per heavy atom. The number of nitrogens with two attached hydrogens (primary N) is 3. The number of amides is 9. The van der Waals surface area contributed by atoms with E-state index in [0.717, 1.165) is 38.6 Å². The SMILES string of the molecule is NC(=O)C[C@@H]1NC(=O)[C@@H]2C[C@@H](O)CN2C(=O)CNC(=O)[C@H](Cc2ccc(O)c([N+](=O)[O-])c2)NC(=O)CNC(=O)[C@@H](CC(=O)O)NC(=O)[C@H](N)CSSC[C@H](C(N)=O)NC1=O. The summed E-state index contributed by atoms with van der Waals surface area (Å²) in [5, 5.41) is 54.5. The molecule has 1 aromatic rings. The number of hydrogen-bond donors (Lipinski definition) is 12. The number of carboxylic acid groups (broad SMARTS) is 1. The number of benzene rings is 1. The number of aliphatic hydroxyl groups excluding tert-OH is 1. The molecule has 28 heteroatoms. The second kappa shape index (κ2) is 22.2. The third-order valence-electron chi connectivity index (χ3n) is 8.68. The van der Waals surface area contributed by atoms with E-state index in [1.54, 1.807) is 0 Å². The fourth-order valence-corrected chi connectivity index (χ4v) is 7.97. The minimum absolute atomic E-state index is 0.0308. The number of phenols is 1. The van der Waals surface area contributed by atoms with Crippen molar-refractivity contribution >= 4 is 86.4 Å². The van der Waals surface area contributed by atoms with Crippen molar-refractivity contribution in [3.63, 3.8) is 0 Å². The van der Waals surface area contributed by atoms with Crippen LogP contribution in [0, 0.1) is 10.1 Å². The van der Waals surface area contributed by atoms with Crippen LogP contribution in [0.25, 0.3) is 0 Å². The van der Waals surface area contributed by atoms with E-state index in [9.17, 15) is 73.4 Å². The molecule has 2 saturated heterocycles. The van der Waals surface area contributed by atoms with E-state index >= 15 is 0 Å². The van der Waals surface area contributed by atoms with E-state index in [0.29, 0.717) is 0 Å². The molecule has 2 fully saturated rings. The number of primary amides is 2. The number of nitro groups is 1. The van der Waals surface area contributed by atoms with Crippen LogP contribution in [0.3, 0.4) is 0 Å². The smallest absolute Gasteiger partial charge is 0.310 e. The third kappa shape index (κ3) is 14.5. The van der Waals surface area contributed by atoms with Gasteiger partial charge in [0, 0.05) is 37.0 Å². The lowest BCUT2D eigenvalue weighted by Crippen LogP contribution is -2.58. The summed E-state index contributed by atoms with van der Waals surface area (Å²) >= 11 is 0. The molecule has 15 N–H and O–H groups in total. The quantitative estimate of drug-likeness (QED) is 0.0656. The molecular weight excluding hydrogens is 843 g/mol. The minimum atomic E-state index is -1.76. The van der Waals surface area contributed by atoms with Gasteiger partial charge < -0.3 is 69.3 Å². The van der Waals surface area contributed by atoms with Gasteiger partial charge in [-0.1, -0.05) is 27.7 Å². The number of carbonyl (C=O) groups excluding carboxylic acids is 9. The Kier molecular flexibility index (Phi) is 17.8. The number of aromatic hydroxyl groups is 1. The number of nitro benzene ring substituents is 1. The predicted molar refractivity (Wildman–Crippen MR) is 206 cm³/mol. The zero-order chi connectivity index (χ0) is 44.8. The van der Waals surface area contributed by atoms with Gasteiger partial charge in [0.05, 0.1) is 43.0 Å². The molecule has 1 aromatic carbocycles. The van der Waals surface area contributed by atoms with Crippen LogP contribution in [0.2, 0.25) is 0 Å². The van der Waals surface area contributed by atoms with Crippen molar-refractivity contribution < 1.29 is 68.2 Å². The second-order valence-electron chi connectivity index (χ2n) is 13.3. The maximum Gasteiger partial charge on any atom is 0.310 e. The van der Waals surface area contributed by atoms with Crippen LogP contribution in [-0.4, -0.2) is 158 Å². The number of nitrogens with zero attached hydrogens (tertiary/aromatic N) is 2. The van der Waals surface area contributed by atoms with Crippen molar-refractivity contribution in [2.45, 2.75) is 68.0 Å². The molecule has 0 saturated carbocycles. The summed E-state index contributed by atoms with van der Waals surface area (Å²) in [7, 11) is 1.82. The van der Waals surface area contributed by atoms with Gasteiger partial charge in [-0.15, -0.1) is 0 Å². The van der Waals surface area contributed by atoms with Crippen LogP contribution in [-0.2, 0) is 54.4 Å². The van der Waals surface area contributed by atoms with Crippen LogP contribution >= 0.6 is 21.6 Å². The average Bonchev–Trinajstić information content (AvgIpc) is 3.57. The lowest BCUT2D eigenvalue weighted by atomic mass is 10.0. The first-order chi connectivity index (χ1) is 28.2. The number of aliphatic hydroxyl groups is 1. The summed E-state index contributed by atoms with van der Waals surface area (Å²) < 4.78 is 0. The van der Waals surface area contributed by atoms with Crippen molar-refractivity contribution in [2.75, 3.05) is 31.1 Å². The number of carbonyl (C=O) groups is 10. The topological polar surface area (TPSA) is 428 Å². The van der Waals surface area contributed by atoms with E-state index in [4.69, 9.17) is 17.2 Å². The highest BCUT2D eigenvalue weighted by Gasteiger charge is 2.41. The van der Waals surface area contributed by atoms with E-state index < -0.39 is 157 Å². The number of aliphatic carboxylic acids is 1. The van der Waals surface area contributed by atoms with Crippen molar-refractivity contribution in [3.05, 3.63) is 33.9 Å². The molecule has 328 valence electrons. The number of phenolic OH excluding ortho intramolecular Hbond substituents is 1. The molecule has 60 heavy (non-hydrogen) atoms. The van der Waals surface area contributed by atoms with Gasteiger partial charge >= 0.3 is 11.7 Å². The first-order valence-electron chi connectivity index (χ1n) is 17.7. The summed E-state index contributed by atoms with van der Waals surface area (Å²) in [4.78, 5) is 139. The van der Waals surface area contributed by atoms with Crippen molar-refractivity contribution in [2.24, 2.45) is 17.2 Å². The minimum Gasteiger partial charge on any atom is -0.502 e. The molecule has 3 rings (SSSR count). The molecule has 0 aliphatic carbocycles. The standard InChI is InChI=1S/C32H43N11O15S2/c33-15-11-59-60-12-19(27(35)51)41-31(55)17(6-23(34)46)40-32(56)21-5-14(44)10-42(21)25(48)9-37-29(53)16(3-13-1-2-22(45)20(4-13)43(57)58)38-24(47)8-36-30(54)18(7-26(49)50)39-28(15)52/h1-2,4,14-19,21,44-45H,3,5-12,33H2,(H2,34,46)(H2,35,51)(H,36,54)(H,37,53)(H,38,47)(H,39,52)(H,40,56)(H,41,55)(H,49,50)/t14-,15-,16+,17+,18-,19-,21+/m1/s1. The van der Waals surface area contributed by atoms with Gasteiger partial charge in [-0.3, -0.25) is 58.1 Å². The number of hydrogen-bond acceptors (Lipinski definition) is 17. The van der Waals surface area contributed by atoms with Gasteiger partial charge in [-0.25, -0.2) is 0 Å². The van der Waals surface area contributed by atoms with E-state index in [-0.39, 0.29) is 23.5 Å². The van der Waals surface area contributed by atoms with E-state index in [1.165, 1.54) is 6.07 Å². The number of rotatable bonds is 8. The summed E-state index contributed by atoms with van der Waals surface area (Å²) in [5.41, 5.74) is 15.9. The van der Waals surface area contributed by atoms with Crippen LogP contribution in [0.1, 0.15) is 24.8 Å². The van der Waals surface area contributed by atoms with Crippen molar-refractivity contribution in [1.82, 2.24) is 36.8 Å². The first-order valence-corrected chi connectivity index (χ1v) is 20.1. The Labute approximate surface area is 346 Å². The molecule has 0 spiro atoms. The van der Waals surface area contributed by atoms with Gasteiger partial charge in [-0.2, -0.15) is 0 Å². The van der Waals surface area contributed by atoms with Crippen LogP contribution in [0.4, 0.5) is 5.69 Å². The van der Waals surface area contributed by atoms with Gasteiger partial charge in [0.1, 0.15) is 30.2 Å². The molecule has 2 aliphatic heterocycles. The maximum absolute atomic E-state index is 13.5. The molecule has 7 atom stereocenters. The van der Waals surface area contributed by atoms with Crippen molar-refractivity contribution in [3.8, 4) is 5.75 Å². The van der Waals surface area contributed by atoms with Gasteiger partial charge in [0.25, 0.3) is 0 Å². The fraction of sp³-hybridized carbons (Fsp3) is 0.500. The van der Waals surface area contributed by atoms with Crippen LogP contribution in [0.5, 0.6) is 5.75 Å². The highest BCUT2D eigenvalue weighted by atomic mass is 33.1. The molecule has 0 unspecified atom stereocenters. The Morgan fingerprint density at radius 1 is 0.833 bits per heavy atom. The van der Waals surface area contributed by atoms with Crippen LogP contribution < -0.4 is 49.1 Å². The second-order valence-corrected chi connectivity index (χ2v) is 15.9. The Morgan fingerprint density at radius 2 is 1.45 bits per heavy atom. The molecule has 9 amide bonds. The van der Waals surface area contributed by atoms with Gasteiger partial charge in [0.2, 0.25) is 53.2 Å². The largest absolute Gasteiger partial charge is 0.502 e. The molecule has 0 radical (unpaired) electrons. The molecular formula is C32H43N11O15S2. The lowest BCUT2D eigenvalue weighted by molar-refractivity contribution is -0.385. The molecule has 26 nitrogen and oxygen atoms in total.